The normalized spacial score (nSPS) is 18.4. The molecule has 0 bridgehead atoms. The fourth-order valence-corrected chi connectivity index (χ4v) is 2.40. The van der Waals surface area contributed by atoms with Crippen LogP contribution in [0.1, 0.15) is 32.3 Å². The number of nitrogens with two attached hydrogens (primary N) is 1. The summed E-state index contributed by atoms with van der Waals surface area (Å²) < 4.78 is 6.02. The maximum Gasteiger partial charge on any atom is 0.143 e. The maximum absolute atomic E-state index is 6.02. The van der Waals surface area contributed by atoms with E-state index in [2.05, 4.69) is 36.9 Å². The minimum Gasteiger partial charge on any atom is -0.486 e. The molecular formula is C15H24N2O. The number of anilines is 1. The predicted octanol–water partition coefficient (Wildman–Crippen LogP) is 2.58. The minimum atomic E-state index is 0.308. The van der Waals surface area contributed by atoms with Gasteiger partial charge in [0.05, 0.1) is 12.2 Å². The van der Waals surface area contributed by atoms with Gasteiger partial charge in [0.1, 0.15) is 11.9 Å². The zero-order valence-corrected chi connectivity index (χ0v) is 11.5. The fraction of sp³-hybridized carbons (Fsp3) is 0.600. The van der Waals surface area contributed by atoms with Gasteiger partial charge >= 0.3 is 0 Å². The van der Waals surface area contributed by atoms with Gasteiger partial charge in [-0.15, -0.1) is 0 Å². The average Bonchev–Trinajstić information content (AvgIpc) is 2.43. The first-order valence-electron chi connectivity index (χ1n) is 7.03. The molecule has 0 radical (unpaired) electrons. The zero-order valence-electron chi connectivity index (χ0n) is 11.5. The van der Waals surface area contributed by atoms with E-state index in [0.717, 1.165) is 44.6 Å². The summed E-state index contributed by atoms with van der Waals surface area (Å²) in [7, 11) is 0. The van der Waals surface area contributed by atoms with Crippen molar-refractivity contribution < 1.29 is 4.74 Å². The molecule has 3 nitrogen and oxygen atoms in total. The van der Waals surface area contributed by atoms with E-state index < -0.39 is 0 Å². The van der Waals surface area contributed by atoms with E-state index in [1.807, 2.05) is 0 Å². The smallest absolute Gasteiger partial charge is 0.143 e. The van der Waals surface area contributed by atoms with E-state index in [1.165, 1.54) is 11.3 Å². The van der Waals surface area contributed by atoms with Gasteiger partial charge in [-0.25, -0.2) is 0 Å². The first-order chi connectivity index (χ1) is 8.78. The molecule has 0 aliphatic carbocycles. The van der Waals surface area contributed by atoms with E-state index in [-0.39, 0.29) is 0 Å². The molecule has 0 saturated heterocycles. The highest BCUT2D eigenvalue weighted by Crippen LogP contribution is 2.35. The van der Waals surface area contributed by atoms with E-state index in [9.17, 15) is 0 Å². The molecule has 2 N–H and O–H groups in total. The van der Waals surface area contributed by atoms with Crippen molar-refractivity contribution in [2.45, 2.75) is 39.2 Å². The lowest BCUT2D eigenvalue weighted by atomic mass is 10.1. The van der Waals surface area contributed by atoms with Crippen LogP contribution in [-0.2, 0) is 6.42 Å². The second kappa shape index (κ2) is 6.10. The molecule has 2 rings (SSSR count). The highest BCUT2D eigenvalue weighted by Gasteiger charge is 2.24. The summed E-state index contributed by atoms with van der Waals surface area (Å²) in [5, 5.41) is 0. The van der Waals surface area contributed by atoms with Crippen molar-refractivity contribution in [3.8, 4) is 5.75 Å². The lowest BCUT2D eigenvalue weighted by molar-refractivity contribution is 0.189. The number of fused-ring (bicyclic) bond motifs is 1. The van der Waals surface area contributed by atoms with E-state index in [0.29, 0.717) is 6.10 Å². The van der Waals surface area contributed by atoms with Crippen LogP contribution < -0.4 is 15.4 Å². The monoisotopic (exact) mass is 248 g/mol. The first-order valence-corrected chi connectivity index (χ1v) is 7.03. The van der Waals surface area contributed by atoms with Gasteiger partial charge in [0.2, 0.25) is 0 Å². The van der Waals surface area contributed by atoms with E-state index >= 15 is 0 Å². The van der Waals surface area contributed by atoms with Gasteiger partial charge in [0.15, 0.2) is 0 Å². The van der Waals surface area contributed by atoms with Gasteiger partial charge in [-0.05, 0) is 43.5 Å². The third-order valence-electron chi connectivity index (χ3n) is 3.58. The SMILES string of the molecule is CCc1ccc2c(c1)N(CCCN)CC(CC)O2. The quantitative estimate of drug-likeness (QED) is 0.870. The largest absolute Gasteiger partial charge is 0.486 e. The minimum absolute atomic E-state index is 0.308. The summed E-state index contributed by atoms with van der Waals surface area (Å²) in [4.78, 5) is 2.43. The Kier molecular flexibility index (Phi) is 4.48. The Morgan fingerprint density at radius 3 is 2.89 bits per heavy atom. The topological polar surface area (TPSA) is 38.5 Å². The summed E-state index contributed by atoms with van der Waals surface area (Å²) in [5.74, 6) is 1.03. The third kappa shape index (κ3) is 2.78. The Hall–Kier alpha value is -1.22. The number of nitrogens with zero attached hydrogens (tertiary/aromatic N) is 1. The van der Waals surface area contributed by atoms with Crippen molar-refractivity contribution in [3.63, 3.8) is 0 Å². The van der Waals surface area contributed by atoms with Crippen LogP contribution in [0, 0.1) is 0 Å². The summed E-state index contributed by atoms with van der Waals surface area (Å²) in [5.41, 5.74) is 8.24. The van der Waals surface area contributed by atoms with Crippen LogP contribution in [0.25, 0.3) is 0 Å². The standard InChI is InChI=1S/C15H24N2O/c1-3-12-6-7-15-14(10-12)17(9-5-8-16)11-13(4-2)18-15/h6-7,10,13H,3-5,8-9,11,16H2,1-2H3. The van der Waals surface area contributed by atoms with E-state index in [1.54, 1.807) is 0 Å². The molecule has 1 unspecified atom stereocenters. The van der Waals surface area contributed by atoms with Crippen molar-refractivity contribution in [3.05, 3.63) is 23.8 Å². The molecule has 0 aromatic heterocycles. The molecule has 0 fully saturated rings. The Labute approximate surface area is 110 Å². The van der Waals surface area contributed by atoms with Crippen LogP contribution in [0.2, 0.25) is 0 Å². The summed E-state index contributed by atoms with van der Waals surface area (Å²) in [6, 6.07) is 6.54. The van der Waals surface area contributed by atoms with Crippen molar-refractivity contribution in [2.24, 2.45) is 5.73 Å². The first kappa shape index (κ1) is 13.2. The van der Waals surface area contributed by atoms with Gasteiger partial charge in [0, 0.05) is 6.54 Å². The molecule has 0 spiro atoms. The number of rotatable bonds is 5. The number of hydrogen-bond donors (Lipinski definition) is 1. The van der Waals surface area contributed by atoms with Crippen molar-refractivity contribution in [1.29, 1.82) is 0 Å². The summed E-state index contributed by atoms with van der Waals surface area (Å²) >= 11 is 0. The highest BCUT2D eigenvalue weighted by molar-refractivity contribution is 5.61. The molecule has 0 saturated carbocycles. The van der Waals surface area contributed by atoms with Crippen LogP contribution in [0.3, 0.4) is 0 Å². The predicted molar refractivity (Wildman–Crippen MR) is 76.4 cm³/mol. The second-order valence-electron chi connectivity index (χ2n) is 4.89. The molecule has 1 aromatic carbocycles. The number of hydrogen-bond acceptors (Lipinski definition) is 3. The van der Waals surface area contributed by atoms with Gasteiger partial charge in [-0.1, -0.05) is 19.9 Å². The fourth-order valence-electron chi connectivity index (χ4n) is 2.40. The molecule has 18 heavy (non-hydrogen) atoms. The van der Waals surface area contributed by atoms with Crippen LogP contribution in [0.15, 0.2) is 18.2 Å². The Bertz CT molecular complexity index is 392. The molecule has 3 heteroatoms. The van der Waals surface area contributed by atoms with Crippen LogP contribution in [0.5, 0.6) is 5.75 Å². The number of aryl methyl sites for hydroxylation is 1. The van der Waals surface area contributed by atoms with Crippen molar-refractivity contribution in [1.82, 2.24) is 0 Å². The molecule has 1 aliphatic rings. The van der Waals surface area contributed by atoms with Gasteiger partial charge in [-0.2, -0.15) is 0 Å². The van der Waals surface area contributed by atoms with Gasteiger partial charge in [0.25, 0.3) is 0 Å². The summed E-state index contributed by atoms with van der Waals surface area (Å²) in [6.07, 6.45) is 3.46. The third-order valence-corrected chi connectivity index (χ3v) is 3.58. The van der Waals surface area contributed by atoms with E-state index in [4.69, 9.17) is 10.5 Å². The lowest BCUT2D eigenvalue weighted by Crippen LogP contribution is -2.40. The molecule has 1 aliphatic heterocycles. The molecule has 100 valence electrons. The maximum atomic E-state index is 6.02. The van der Waals surface area contributed by atoms with Crippen LogP contribution in [0.4, 0.5) is 5.69 Å². The molecule has 1 aromatic rings. The zero-order chi connectivity index (χ0) is 13.0. The van der Waals surface area contributed by atoms with Crippen molar-refractivity contribution >= 4 is 5.69 Å². The van der Waals surface area contributed by atoms with Crippen molar-refractivity contribution in [2.75, 3.05) is 24.5 Å². The number of ether oxygens (including phenoxy) is 1. The van der Waals surface area contributed by atoms with Crippen LogP contribution >= 0.6 is 0 Å². The Morgan fingerprint density at radius 1 is 1.39 bits per heavy atom. The molecular weight excluding hydrogens is 224 g/mol. The summed E-state index contributed by atoms with van der Waals surface area (Å²) in [6.45, 7) is 7.12. The molecule has 1 atom stereocenters. The molecule has 1 heterocycles. The Morgan fingerprint density at radius 2 is 2.22 bits per heavy atom. The lowest BCUT2D eigenvalue weighted by Gasteiger charge is -2.36. The van der Waals surface area contributed by atoms with Crippen LogP contribution in [-0.4, -0.2) is 25.7 Å². The number of benzene rings is 1. The van der Waals surface area contributed by atoms with Gasteiger partial charge < -0.3 is 15.4 Å². The Balaban J connectivity index is 2.25. The molecule has 0 amide bonds. The highest BCUT2D eigenvalue weighted by atomic mass is 16.5. The second-order valence-corrected chi connectivity index (χ2v) is 4.89. The van der Waals surface area contributed by atoms with Gasteiger partial charge in [-0.3, -0.25) is 0 Å². The average molecular weight is 248 g/mol.